The highest BCUT2D eigenvalue weighted by Crippen LogP contribution is 2.23. The molecule has 2 aliphatic rings. The second kappa shape index (κ2) is 17.3. The predicted molar refractivity (Wildman–Crippen MR) is 177 cm³/mol. The maximum absolute atomic E-state index is 13.7. The van der Waals surface area contributed by atoms with Crippen LogP contribution in [0, 0.1) is 0 Å². The van der Waals surface area contributed by atoms with Crippen molar-refractivity contribution in [2.75, 3.05) is 78.0 Å². The van der Waals surface area contributed by atoms with Crippen molar-refractivity contribution < 1.29 is 33.8 Å². The van der Waals surface area contributed by atoms with Gasteiger partial charge in [-0.2, -0.15) is 0 Å². The summed E-state index contributed by atoms with van der Waals surface area (Å²) in [4.78, 5) is 81.1. The van der Waals surface area contributed by atoms with E-state index in [0.29, 0.717) is 44.3 Å². The highest BCUT2D eigenvalue weighted by molar-refractivity contribution is 5.95. The summed E-state index contributed by atoms with van der Waals surface area (Å²) in [5, 5.41) is 12.1. The van der Waals surface area contributed by atoms with Crippen molar-refractivity contribution in [3.05, 3.63) is 42.2 Å². The molecule has 0 radical (unpaired) electrons. The average Bonchev–Trinajstić information content (AvgIpc) is 3.11. The number of unbranched alkanes of at least 4 members (excludes halogenated alkanes) is 2. The number of nitrogens with one attached hydrogen (secondary N) is 1. The van der Waals surface area contributed by atoms with Crippen LogP contribution in [0.4, 0.5) is 15.4 Å². The fraction of sp³-hybridized carbons (Fsp3) is 0.545. The number of carbonyl (C=O) groups excluding carboxylic acids is 4. The minimum Gasteiger partial charge on any atom is -0.481 e. The molecule has 2 saturated heterocycles. The lowest BCUT2D eigenvalue weighted by molar-refractivity contribution is -0.138. The maximum atomic E-state index is 13.7. The Kier molecular flexibility index (Phi) is 12.9. The van der Waals surface area contributed by atoms with Crippen LogP contribution in [0.3, 0.4) is 0 Å². The Morgan fingerprint density at radius 3 is 2.17 bits per heavy atom. The summed E-state index contributed by atoms with van der Waals surface area (Å²) in [6.07, 6.45) is 1.88. The number of urea groups is 1. The molecule has 1 aromatic heterocycles. The molecule has 260 valence electrons. The van der Waals surface area contributed by atoms with E-state index in [1.54, 1.807) is 30.0 Å². The molecule has 0 spiro atoms. The Balaban J connectivity index is 1.49. The second-order valence-electron chi connectivity index (χ2n) is 12.0. The first-order chi connectivity index (χ1) is 23.1. The Labute approximate surface area is 280 Å². The number of ether oxygens (including phenoxy) is 1. The molecule has 4 rings (SSSR count). The van der Waals surface area contributed by atoms with Crippen LogP contribution in [0.25, 0.3) is 11.3 Å². The van der Waals surface area contributed by atoms with Crippen LogP contribution in [0.2, 0.25) is 0 Å². The third-order valence-electron chi connectivity index (χ3n) is 8.32. The normalized spacial score (nSPS) is 15.5. The van der Waals surface area contributed by atoms with Gasteiger partial charge in [-0.1, -0.05) is 50.1 Å². The first kappa shape index (κ1) is 35.9. The molecular weight excluding hydrogens is 620 g/mol. The number of carboxylic acids is 1. The van der Waals surface area contributed by atoms with E-state index < -0.39 is 29.9 Å². The molecule has 0 unspecified atom stereocenters. The molecule has 2 aromatic rings. The van der Waals surface area contributed by atoms with Crippen LogP contribution in [0.15, 0.2) is 36.4 Å². The van der Waals surface area contributed by atoms with Gasteiger partial charge in [0, 0.05) is 84.5 Å². The van der Waals surface area contributed by atoms with Crippen molar-refractivity contribution in [1.82, 2.24) is 34.9 Å². The molecule has 5 amide bonds. The number of piperazine rings is 2. The van der Waals surface area contributed by atoms with Crippen LogP contribution in [0.5, 0.6) is 0 Å². The van der Waals surface area contributed by atoms with Gasteiger partial charge in [0.25, 0.3) is 5.91 Å². The number of hydrogen-bond acceptors (Lipinski definition) is 9. The number of nitrogens with zero attached hydrogens (tertiary/aromatic N) is 7. The molecule has 0 aliphatic carbocycles. The molecule has 2 fully saturated rings. The van der Waals surface area contributed by atoms with Crippen molar-refractivity contribution in [2.24, 2.45) is 0 Å². The van der Waals surface area contributed by atoms with Gasteiger partial charge in [-0.05, 0) is 12.8 Å². The topological polar surface area (TPSA) is 169 Å². The molecule has 0 bridgehead atoms. The summed E-state index contributed by atoms with van der Waals surface area (Å²) in [5.41, 5.74) is 1.26. The molecule has 1 aromatic carbocycles. The first-order valence-electron chi connectivity index (χ1n) is 16.5. The molecule has 2 N–H and O–H groups in total. The van der Waals surface area contributed by atoms with Crippen molar-refractivity contribution in [3.63, 3.8) is 0 Å². The summed E-state index contributed by atoms with van der Waals surface area (Å²) in [5.74, 6) is -1.93. The van der Waals surface area contributed by atoms with Crippen molar-refractivity contribution in [3.8, 4) is 11.3 Å². The van der Waals surface area contributed by atoms with E-state index in [-0.39, 0.29) is 50.9 Å². The SMILES string of the molecule is CCCCCOC(=O)N1CCN(C(=O)[C@H](CCC(=O)O)NC(=O)c2nc(-c3ccccc3)cc(N3CCN(C(=O)N(C)C)CC3)n2)CC1. The van der Waals surface area contributed by atoms with E-state index >= 15 is 0 Å². The largest absolute Gasteiger partial charge is 0.481 e. The molecule has 2 aliphatic heterocycles. The molecule has 15 nitrogen and oxygen atoms in total. The van der Waals surface area contributed by atoms with E-state index in [4.69, 9.17) is 4.74 Å². The summed E-state index contributed by atoms with van der Waals surface area (Å²) in [6.45, 7) is 5.29. The van der Waals surface area contributed by atoms with Gasteiger partial charge in [-0.15, -0.1) is 0 Å². The van der Waals surface area contributed by atoms with Crippen LogP contribution in [-0.4, -0.2) is 144 Å². The number of hydrogen-bond donors (Lipinski definition) is 2. The van der Waals surface area contributed by atoms with Crippen LogP contribution >= 0.6 is 0 Å². The van der Waals surface area contributed by atoms with Gasteiger partial charge in [-0.25, -0.2) is 19.6 Å². The standard InChI is InChI=1S/C33H46N8O7/c1-4-5-9-22-48-33(47)41-20-16-39(17-21-41)31(45)25(12-13-28(42)43)35-30(44)29-34-26(24-10-7-6-8-11-24)23-27(36-29)38-14-18-40(19-15-38)32(46)37(2)3/h6-8,10-11,23,25H,4-5,9,12-22H2,1-3H3,(H,35,44)(H,42,43)/t25-/m0/s1. The molecule has 15 heteroatoms. The van der Waals surface area contributed by atoms with Crippen molar-refractivity contribution in [1.29, 1.82) is 0 Å². The van der Waals surface area contributed by atoms with Crippen LogP contribution in [-0.2, 0) is 14.3 Å². The van der Waals surface area contributed by atoms with Crippen molar-refractivity contribution >= 4 is 35.7 Å². The van der Waals surface area contributed by atoms with Gasteiger partial charge in [-0.3, -0.25) is 14.4 Å². The van der Waals surface area contributed by atoms with Gasteiger partial charge in [0.1, 0.15) is 11.9 Å². The van der Waals surface area contributed by atoms with E-state index in [1.165, 1.54) is 9.80 Å². The average molecular weight is 667 g/mol. The van der Waals surface area contributed by atoms with E-state index in [0.717, 1.165) is 24.8 Å². The van der Waals surface area contributed by atoms with Gasteiger partial charge in [0.2, 0.25) is 11.7 Å². The summed E-state index contributed by atoms with van der Waals surface area (Å²) >= 11 is 0. The number of amides is 5. The summed E-state index contributed by atoms with van der Waals surface area (Å²) in [6, 6.07) is 9.87. The minimum absolute atomic E-state index is 0.0804. The lowest BCUT2D eigenvalue weighted by Crippen LogP contribution is -2.56. The number of carboxylic acid groups (broad SMARTS) is 1. The monoisotopic (exact) mass is 666 g/mol. The number of carbonyl (C=O) groups is 5. The smallest absolute Gasteiger partial charge is 0.409 e. The van der Waals surface area contributed by atoms with E-state index in [2.05, 4.69) is 22.2 Å². The highest BCUT2D eigenvalue weighted by atomic mass is 16.6. The fourth-order valence-electron chi connectivity index (χ4n) is 5.55. The van der Waals surface area contributed by atoms with Crippen LogP contribution < -0.4 is 10.2 Å². The zero-order valence-electron chi connectivity index (χ0n) is 28.0. The Bertz CT molecular complexity index is 1420. The molecule has 0 saturated carbocycles. The Morgan fingerprint density at radius 2 is 1.54 bits per heavy atom. The second-order valence-corrected chi connectivity index (χ2v) is 12.0. The van der Waals surface area contributed by atoms with E-state index in [1.807, 2.05) is 35.2 Å². The third-order valence-corrected chi connectivity index (χ3v) is 8.32. The summed E-state index contributed by atoms with van der Waals surface area (Å²) < 4.78 is 5.34. The number of aliphatic carboxylic acids is 1. The number of anilines is 1. The molecule has 1 atom stereocenters. The number of rotatable bonds is 12. The van der Waals surface area contributed by atoms with E-state index in [9.17, 15) is 29.1 Å². The first-order valence-corrected chi connectivity index (χ1v) is 16.5. The third kappa shape index (κ3) is 9.78. The number of aromatic nitrogens is 2. The maximum Gasteiger partial charge on any atom is 0.409 e. The van der Waals surface area contributed by atoms with Crippen molar-refractivity contribution in [2.45, 2.75) is 45.1 Å². The molecular formula is C33H46N8O7. The lowest BCUT2D eigenvalue weighted by atomic mass is 10.1. The zero-order chi connectivity index (χ0) is 34.6. The minimum atomic E-state index is -1.14. The fourth-order valence-corrected chi connectivity index (χ4v) is 5.55. The Hall–Kier alpha value is -4.95. The van der Waals surface area contributed by atoms with Gasteiger partial charge >= 0.3 is 18.1 Å². The van der Waals surface area contributed by atoms with Crippen LogP contribution in [0.1, 0.15) is 49.6 Å². The number of benzene rings is 1. The van der Waals surface area contributed by atoms with Gasteiger partial charge < -0.3 is 39.7 Å². The zero-order valence-corrected chi connectivity index (χ0v) is 28.0. The molecule has 3 heterocycles. The summed E-state index contributed by atoms with van der Waals surface area (Å²) in [7, 11) is 3.41. The highest BCUT2D eigenvalue weighted by Gasteiger charge is 2.32. The van der Waals surface area contributed by atoms with Gasteiger partial charge in [0.05, 0.1) is 12.3 Å². The predicted octanol–water partition coefficient (Wildman–Crippen LogP) is 2.38. The van der Waals surface area contributed by atoms with Gasteiger partial charge in [0.15, 0.2) is 0 Å². The lowest BCUT2D eigenvalue weighted by Gasteiger charge is -2.36. The quantitative estimate of drug-likeness (QED) is 0.321. The Morgan fingerprint density at radius 1 is 0.896 bits per heavy atom. The molecule has 48 heavy (non-hydrogen) atoms.